The molecule has 19 heavy (non-hydrogen) atoms. The van der Waals surface area contributed by atoms with Crippen LogP contribution in [0.5, 0.6) is 0 Å². The fourth-order valence-electron chi connectivity index (χ4n) is 1.23. The lowest BCUT2D eigenvalue weighted by atomic mass is 10.3. The molecular weight excluding hydrogens is 315 g/mol. The molecule has 2 aromatic rings. The van der Waals surface area contributed by atoms with Gasteiger partial charge in [-0.1, -0.05) is 23.2 Å². The molecule has 7 nitrogen and oxygen atoms in total. The molecule has 2 rings (SSSR count). The average molecular weight is 321 g/mol. The quantitative estimate of drug-likeness (QED) is 0.835. The summed E-state index contributed by atoms with van der Waals surface area (Å²) < 4.78 is 30.9. The number of benzene rings is 1. The fraction of sp³-hybridized carbons (Fsp3) is 0. The smallest absolute Gasteiger partial charge is 0.294 e. The molecule has 2 N–H and O–H groups in total. The second-order valence-electron chi connectivity index (χ2n) is 3.32. The van der Waals surface area contributed by atoms with Crippen molar-refractivity contribution in [2.75, 3.05) is 5.32 Å². The van der Waals surface area contributed by atoms with E-state index in [0.717, 1.165) is 12.1 Å². The van der Waals surface area contributed by atoms with Crippen molar-refractivity contribution in [3.8, 4) is 0 Å². The van der Waals surface area contributed by atoms with Crippen LogP contribution in [0.1, 0.15) is 0 Å². The van der Waals surface area contributed by atoms with Crippen LogP contribution in [0.4, 0.5) is 11.6 Å². The molecule has 1 aromatic heterocycles. The van der Waals surface area contributed by atoms with Crippen molar-refractivity contribution in [1.82, 2.24) is 15.0 Å². The topological polar surface area (TPSA) is 105 Å². The normalized spacial score (nSPS) is 11.3. The van der Waals surface area contributed by atoms with Crippen LogP contribution in [0.15, 0.2) is 29.7 Å². The van der Waals surface area contributed by atoms with Gasteiger partial charge in [0.2, 0.25) is 5.95 Å². The zero-order valence-corrected chi connectivity index (χ0v) is 11.4. The molecule has 0 aliphatic rings. The van der Waals surface area contributed by atoms with Gasteiger partial charge < -0.3 is 5.32 Å². The van der Waals surface area contributed by atoms with Crippen molar-refractivity contribution in [2.24, 2.45) is 0 Å². The highest BCUT2D eigenvalue weighted by atomic mass is 35.5. The van der Waals surface area contributed by atoms with Gasteiger partial charge in [-0.25, -0.2) is 15.0 Å². The van der Waals surface area contributed by atoms with Crippen LogP contribution in [0, 0.1) is 0 Å². The maximum Gasteiger partial charge on any atom is 0.294 e. The number of nitrogens with zero attached hydrogens (tertiary/aromatic N) is 3. The van der Waals surface area contributed by atoms with E-state index in [1.54, 1.807) is 0 Å². The maximum atomic E-state index is 11.0. The Balaban J connectivity index is 2.43. The van der Waals surface area contributed by atoms with Crippen LogP contribution >= 0.6 is 23.2 Å². The van der Waals surface area contributed by atoms with Crippen LogP contribution < -0.4 is 5.32 Å². The summed E-state index contributed by atoms with van der Waals surface area (Å²) in [4.78, 5) is 10.9. The maximum absolute atomic E-state index is 11.0. The molecule has 0 radical (unpaired) electrons. The highest BCUT2D eigenvalue weighted by Gasteiger charge is 2.16. The van der Waals surface area contributed by atoms with E-state index >= 15 is 0 Å². The number of nitrogens with one attached hydrogen (secondary N) is 1. The molecule has 0 fully saturated rings. The van der Waals surface area contributed by atoms with Crippen LogP contribution in [-0.2, 0) is 10.1 Å². The summed E-state index contributed by atoms with van der Waals surface area (Å²) in [6.07, 6.45) is 2.54. The summed E-state index contributed by atoms with van der Waals surface area (Å²) in [6, 6.07) is 2.12. The molecule has 0 saturated carbocycles. The molecule has 0 aliphatic heterocycles. The van der Waals surface area contributed by atoms with Crippen LogP contribution in [0.25, 0.3) is 0 Å². The number of hydrogen-bond donors (Lipinski definition) is 2. The summed E-state index contributed by atoms with van der Waals surface area (Å²) in [5.41, 5.74) is 0.224. The van der Waals surface area contributed by atoms with Crippen LogP contribution in [0.3, 0.4) is 0 Å². The Labute approximate surface area is 118 Å². The van der Waals surface area contributed by atoms with Crippen molar-refractivity contribution >= 4 is 45.0 Å². The van der Waals surface area contributed by atoms with Gasteiger partial charge in [-0.2, -0.15) is 8.42 Å². The minimum atomic E-state index is -4.38. The molecule has 0 bridgehead atoms. The lowest BCUT2D eigenvalue weighted by Crippen LogP contribution is -2.02. The fourth-order valence-corrected chi connectivity index (χ4v) is 2.48. The third kappa shape index (κ3) is 3.29. The Kier molecular flexibility index (Phi) is 3.85. The van der Waals surface area contributed by atoms with E-state index in [-0.39, 0.29) is 21.7 Å². The monoisotopic (exact) mass is 320 g/mol. The van der Waals surface area contributed by atoms with Crippen LogP contribution in [-0.4, -0.2) is 27.9 Å². The molecule has 0 saturated heterocycles. The zero-order valence-electron chi connectivity index (χ0n) is 9.08. The van der Waals surface area contributed by atoms with E-state index in [1.165, 1.54) is 12.7 Å². The highest BCUT2D eigenvalue weighted by Crippen LogP contribution is 2.34. The van der Waals surface area contributed by atoms with Gasteiger partial charge in [0.15, 0.2) is 0 Å². The summed E-state index contributed by atoms with van der Waals surface area (Å²) >= 11 is 11.8. The number of hydrogen-bond acceptors (Lipinski definition) is 6. The molecule has 0 spiro atoms. The molecule has 0 aliphatic carbocycles. The Bertz CT molecular complexity index is 686. The predicted molar refractivity (Wildman–Crippen MR) is 69.4 cm³/mol. The average Bonchev–Trinajstić information content (AvgIpc) is 2.33. The van der Waals surface area contributed by atoms with Gasteiger partial charge in [0.25, 0.3) is 10.1 Å². The summed E-state index contributed by atoms with van der Waals surface area (Å²) in [6.45, 7) is 0. The third-order valence-electron chi connectivity index (χ3n) is 2.04. The Hall–Kier alpha value is -1.48. The third-order valence-corrected chi connectivity index (χ3v) is 3.47. The van der Waals surface area contributed by atoms with Gasteiger partial charge in [-0.3, -0.25) is 4.55 Å². The summed E-state index contributed by atoms with van der Waals surface area (Å²) in [5.74, 6) is 0.193. The van der Waals surface area contributed by atoms with Gasteiger partial charge in [0.05, 0.1) is 20.6 Å². The Morgan fingerprint density at radius 2 is 1.63 bits per heavy atom. The van der Waals surface area contributed by atoms with Crippen molar-refractivity contribution in [3.05, 3.63) is 34.8 Å². The largest absolute Gasteiger partial charge is 0.322 e. The first-order valence-corrected chi connectivity index (χ1v) is 6.93. The molecule has 0 atom stereocenters. The number of halogens is 2. The minimum Gasteiger partial charge on any atom is -0.322 e. The van der Waals surface area contributed by atoms with Gasteiger partial charge >= 0.3 is 0 Å². The van der Waals surface area contributed by atoms with E-state index in [4.69, 9.17) is 27.8 Å². The second-order valence-corrected chi connectivity index (χ2v) is 5.56. The van der Waals surface area contributed by atoms with E-state index < -0.39 is 15.0 Å². The second kappa shape index (κ2) is 5.25. The molecule has 0 unspecified atom stereocenters. The Morgan fingerprint density at radius 1 is 1.11 bits per heavy atom. The lowest BCUT2D eigenvalue weighted by molar-refractivity contribution is 0.483. The minimum absolute atomic E-state index is 0.000497. The molecule has 10 heteroatoms. The van der Waals surface area contributed by atoms with E-state index in [9.17, 15) is 8.42 Å². The van der Waals surface area contributed by atoms with Gasteiger partial charge in [0.1, 0.15) is 12.7 Å². The summed E-state index contributed by atoms with van der Waals surface area (Å²) in [5, 5.41) is 2.72. The van der Waals surface area contributed by atoms with Crippen molar-refractivity contribution in [3.63, 3.8) is 0 Å². The van der Waals surface area contributed by atoms with E-state index in [2.05, 4.69) is 20.3 Å². The van der Waals surface area contributed by atoms with Crippen LogP contribution in [0.2, 0.25) is 10.0 Å². The van der Waals surface area contributed by atoms with Crippen molar-refractivity contribution < 1.29 is 13.0 Å². The predicted octanol–water partition coefficient (Wildman–Crippen LogP) is 2.17. The zero-order chi connectivity index (χ0) is 14.0. The molecule has 1 aromatic carbocycles. The molecule has 0 amide bonds. The van der Waals surface area contributed by atoms with E-state index in [0.29, 0.717) is 0 Å². The van der Waals surface area contributed by atoms with Gasteiger partial charge in [0, 0.05) is 0 Å². The van der Waals surface area contributed by atoms with Gasteiger partial charge in [-0.05, 0) is 12.1 Å². The lowest BCUT2D eigenvalue weighted by Gasteiger charge is -2.09. The molecule has 100 valence electrons. The SMILES string of the molecule is O=S(=O)(O)c1cc(Cl)c(Nc2ncncn2)c(Cl)c1. The molecular formula is C9H6Cl2N4O3S. The number of rotatable bonds is 3. The molecule has 1 heterocycles. The first kappa shape index (κ1) is 13.9. The number of aromatic nitrogens is 3. The number of anilines is 2. The van der Waals surface area contributed by atoms with Gasteiger partial charge in [-0.15, -0.1) is 0 Å². The summed E-state index contributed by atoms with van der Waals surface area (Å²) in [7, 11) is -4.38. The first-order valence-electron chi connectivity index (χ1n) is 4.73. The standard InChI is InChI=1S/C9H6Cl2N4O3S/c10-6-1-5(19(16,17)18)2-7(11)8(6)15-9-13-3-12-4-14-9/h1-4H,(H,16,17,18)(H,12,13,14,15). The van der Waals surface area contributed by atoms with Crippen molar-refractivity contribution in [1.29, 1.82) is 0 Å². The Morgan fingerprint density at radius 3 is 2.11 bits per heavy atom. The first-order chi connectivity index (χ1) is 8.88. The van der Waals surface area contributed by atoms with Crippen molar-refractivity contribution in [2.45, 2.75) is 4.90 Å². The highest BCUT2D eigenvalue weighted by molar-refractivity contribution is 7.85. The van der Waals surface area contributed by atoms with E-state index in [1.807, 2.05) is 0 Å².